The molecule has 0 aliphatic carbocycles. The minimum Gasteiger partial charge on any atom is -0.325 e. The van der Waals surface area contributed by atoms with Crippen LogP contribution >= 0.6 is 0 Å². The van der Waals surface area contributed by atoms with Crippen molar-refractivity contribution >= 4 is 11.6 Å². The summed E-state index contributed by atoms with van der Waals surface area (Å²) in [6, 6.07) is 6.76. The quantitative estimate of drug-likeness (QED) is 0.825. The monoisotopic (exact) mass is 260 g/mol. The Bertz CT molecular complexity index is 539. The number of aromatic nitrogens is 4. The lowest BCUT2D eigenvalue weighted by atomic mass is 10.1. The van der Waals surface area contributed by atoms with Gasteiger partial charge in [-0.05, 0) is 35.0 Å². The molecule has 0 spiro atoms. The fourth-order valence-corrected chi connectivity index (χ4v) is 1.68. The number of benzene rings is 1. The number of hydrogen-bond acceptors (Lipinski definition) is 5. The van der Waals surface area contributed by atoms with Gasteiger partial charge in [0.05, 0.1) is 11.7 Å². The first kappa shape index (κ1) is 13.2. The normalized spacial score (nSPS) is 12.1. The summed E-state index contributed by atoms with van der Waals surface area (Å²) >= 11 is 0. The van der Waals surface area contributed by atoms with Gasteiger partial charge in [-0.25, -0.2) is 4.68 Å². The Balaban J connectivity index is 2.09. The summed E-state index contributed by atoms with van der Waals surface area (Å²) in [6.07, 6.45) is 3.03. The highest BCUT2D eigenvalue weighted by Crippen LogP contribution is 2.13. The molecule has 0 radical (unpaired) electrons. The first-order valence-electron chi connectivity index (χ1n) is 6.10. The number of amides is 1. The highest BCUT2D eigenvalue weighted by atomic mass is 16.2. The van der Waals surface area contributed by atoms with Gasteiger partial charge in [0.2, 0.25) is 5.91 Å². The van der Waals surface area contributed by atoms with E-state index in [-0.39, 0.29) is 5.91 Å². The maximum atomic E-state index is 11.8. The van der Waals surface area contributed by atoms with Crippen LogP contribution in [0.4, 0.5) is 5.69 Å². The molecule has 1 amide bonds. The molecule has 0 bridgehead atoms. The van der Waals surface area contributed by atoms with E-state index in [1.165, 1.54) is 11.0 Å². The van der Waals surface area contributed by atoms with Gasteiger partial charge in [0, 0.05) is 5.69 Å². The molecule has 1 aromatic carbocycles. The van der Waals surface area contributed by atoms with Gasteiger partial charge in [0.25, 0.3) is 0 Å². The van der Waals surface area contributed by atoms with E-state index < -0.39 is 6.04 Å². The van der Waals surface area contributed by atoms with Crippen LogP contribution in [0.25, 0.3) is 5.69 Å². The van der Waals surface area contributed by atoms with Crippen molar-refractivity contribution in [1.82, 2.24) is 20.2 Å². The number of hydrogen-bond donors (Lipinski definition) is 2. The Morgan fingerprint density at radius 2 is 2.37 bits per heavy atom. The van der Waals surface area contributed by atoms with E-state index in [1.807, 2.05) is 19.1 Å². The van der Waals surface area contributed by atoms with Crippen molar-refractivity contribution in [2.24, 2.45) is 5.73 Å². The van der Waals surface area contributed by atoms with Crippen molar-refractivity contribution in [3.05, 3.63) is 30.6 Å². The van der Waals surface area contributed by atoms with E-state index in [2.05, 4.69) is 20.8 Å². The van der Waals surface area contributed by atoms with Gasteiger partial charge in [0.1, 0.15) is 6.33 Å². The Morgan fingerprint density at radius 1 is 1.53 bits per heavy atom. The topological polar surface area (TPSA) is 98.7 Å². The van der Waals surface area contributed by atoms with Crippen LogP contribution in [0.1, 0.15) is 19.8 Å². The molecule has 0 fully saturated rings. The molecular weight excluding hydrogens is 244 g/mol. The number of tetrazole rings is 1. The van der Waals surface area contributed by atoms with E-state index in [9.17, 15) is 4.79 Å². The summed E-state index contributed by atoms with van der Waals surface area (Å²) in [5.41, 5.74) is 7.20. The van der Waals surface area contributed by atoms with Gasteiger partial charge >= 0.3 is 0 Å². The second-order valence-electron chi connectivity index (χ2n) is 4.19. The van der Waals surface area contributed by atoms with Crippen LogP contribution in [-0.4, -0.2) is 32.2 Å². The van der Waals surface area contributed by atoms with Crippen molar-refractivity contribution < 1.29 is 4.79 Å². The molecule has 7 heteroatoms. The maximum absolute atomic E-state index is 11.8. The second kappa shape index (κ2) is 6.05. The fourth-order valence-electron chi connectivity index (χ4n) is 1.68. The largest absolute Gasteiger partial charge is 0.325 e. The van der Waals surface area contributed by atoms with Crippen LogP contribution in [0, 0.1) is 0 Å². The fraction of sp³-hybridized carbons (Fsp3) is 0.333. The van der Waals surface area contributed by atoms with Crippen LogP contribution in [0.15, 0.2) is 30.6 Å². The SMILES string of the molecule is CCC[C@@H](N)C(=O)Nc1cccc(-n2cnnn2)c1. The van der Waals surface area contributed by atoms with Crippen LogP contribution < -0.4 is 11.1 Å². The van der Waals surface area contributed by atoms with Crippen LogP contribution in [-0.2, 0) is 4.79 Å². The van der Waals surface area contributed by atoms with E-state index in [4.69, 9.17) is 5.73 Å². The smallest absolute Gasteiger partial charge is 0.241 e. The van der Waals surface area contributed by atoms with Crippen molar-refractivity contribution in [2.45, 2.75) is 25.8 Å². The molecule has 7 nitrogen and oxygen atoms in total. The van der Waals surface area contributed by atoms with Crippen LogP contribution in [0.3, 0.4) is 0 Å². The number of nitrogens with two attached hydrogens (primary N) is 1. The molecule has 2 rings (SSSR count). The maximum Gasteiger partial charge on any atom is 0.241 e. The minimum atomic E-state index is -0.485. The van der Waals surface area contributed by atoms with Gasteiger partial charge in [-0.3, -0.25) is 4.79 Å². The molecular formula is C12H16N6O. The number of carbonyl (C=O) groups excluding carboxylic acids is 1. The molecule has 0 aliphatic heterocycles. The van der Waals surface area contributed by atoms with Gasteiger partial charge in [-0.15, -0.1) is 5.10 Å². The summed E-state index contributed by atoms with van der Waals surface area (Å²) < 4.78 is 1.52. The molecule has 3 N–H and O–H groups in total. The second-order valence-corrected chi connectivity index (χ2v) is 4.19. The molecule has 19 heavy (non-hydrogen) atoms. The van der Waals surface area contributed by atoms with Gasteiger partial charge in [0.15, 0.2) is 0 Å². The highest BCUT2D eigenvalue weighted by Gasteiger charge is 2.12. The minimum absolute atomic E-state index is 0.185. The Hall–Kier alpha value is -2.28. The zero-order chi connectivity index (χ0) is 13.7. The van der Waals surface area contributed by atoms with E-state index in [0.29, 0.717) is 12.1 Å². The predicted octanol–water partition coefficient (Wildman–Crippen LogP) is 0.728. The standard InChI is InChI=1S/C12H16N6O/c1-2-4-11(13)12(19)15-9-5-3-6-10(7-9)18-8-14-16-17-18/h3,5-8,11H,2,4,13H2,1H3,(H,15,19)/t11-/m1/s1. The van der Waals surface area contributed by atoms with Crippen molar-refractivity contribution in [3.8, 4) is 5.69 Å². The number of nitrogens with one attached hydrogen (secondary N) is 1. The lowest BCUT2D eigenvalue weighted by molar-refractivity contribution is -0.117. The van der Waals surface area contributed by atoms with Crippen molar-refractivity contribution in [1.29, 1.82) is 0 Å². The van der Waals surface area contributed by atoms with Crippen LogP contribution in [0.2, 0.25) is 0 Å². The molecule has 0 unspecified atom stereocenters. The molecule has 1 aromatic heterocycles. The molecule has 0 saturated carbocycles. The zero-order valence-corrected chi connectivity index (χ0v) is 10.7. The number of nitrogens with zero attached hydrogens (tertiary/aromatic N) is 4. The van der Waals surface area contributed by atoms with E-state index >= 15 is 0 Å². The molecule has 0 saturated heterocycles. The summed E-state index contributed by atoms with van der Waals surface area (Å²) in [4.78, 5) is 11.8. The van der Waals surface area contributed by atoms with Gasteiger partial charge < -0.3 is 11.1 Å². The van der Waals surface area contributed by atoms with Gasteiger partial charge in [-0.1, -0.05) is 19.4 Å². The van der Waals surface area contributed by atoms with Crippen LogP contribution in [0.5, 0.6) is 0 Å². The molecule has 1 heterocycles. The molecule has 0 aliphatic rings. The summed E-state index contributed by atoms with van der Waals surface area (Å²) in [5, 5.41) is 13.7. The van der Waals surface area contributed by atoms with Crippen molar-refractivity contribution in [2.75, 3.05) is 5.32 Å². The lowest BCUT2D eigenvalue weighted by Crippen LogP contribution is -2.35. The predicted molar refractivity (Wildman–Crippen MR) is 70.7 cm³/mol. The summed E-state index contributed by atoms with van der Waals surface area (Å²) in [7, 11) is 0. The zero-order valence-electron chi connectivity index (χ0n) is 10.7. The van der Waals surface area contributed by atoms with E-state index in [0.717, 1.165) is 12.1 Å². The average Bonchev–Trinajstić information content (AvgIpc) is 2.93. The molecule has 100 valence electrons. The average molecular weight is 260 g/mol. The van der Waals surface area contributed by atoms with Gasteiger partial charge in [-0.2, -0.15) is 0 Å². The lowest BCUT2D eigenvalue weighted by Gasteiger charge is -2.11. The Kier molecular flexibility index (Phi) is 4.19. The first-order chi connectivity index (χ1) is 9.20. The third-order valence-electron chi connectivity index (χ3n) is 2.66. The highest BCUT2D eigenvalue weighted by molar-refractivity contribution is 5.94. The molecule has 2 aromatic rings. The first-order valence-corrected chi connectivity index (χ1v) is 6.10. The van der Waals surface area contributed by atoms with E-state index in [1.54, 1.807) is 12.1 Å². The number of carbonyl (C=O) groups is 1. The third kappa shape index (κ3) is 3.35. The number of anilines is 1. The summed E-state index contributed by atoms with van der Waals surface area (Å²) in [5.74, 6) is -0.185. The van der Waals surface area contributed by atoms with Crippen molar-refractivity contribution in [3.63, 3.8) is 0 Å². The third-order valence-corrected chi connectivity index (χ3v) is 2.66. The Labute approximate surface area is 110 Å². The summed E-state index contributed by atoms with van der Waals surface area (Å²) in [6.45, 7) is 1.99. The molecule has 1 atom stereocenters. The Morgan fingerprint density at radius 3 is 3.05 bits per heavy atom. The number of rotatable bonds is 5.